The molecule has 21 heavy (non-hydrogen) atoms. The number of carbonyl (C=O) groups excluding carboxylic acids is 1. The van der Waals surface area contributed by atoms with E-state index in [2.05, 4.69) is 15.5 Å². The summed E-state index contributed by atoms with van der Waals surface area (Å²) in [5.41, 5.74) is 1.16. The van der Waals surface area contributed by atoms with Crippen molar-refractivity contribution >= 4 is 23.4 Å². The Morgan fingerprint density at radius 1 is 1.48 bits per heavy atom. The molecule has 2 rings (SSSR count). The number of thioether (sulfide) groups is 1. The highest BCUT2D eigenvalue weighted by Crippen LogP contribution is 2.17. The first kappa shape index (κ1) is 15.1. The number of carbonyl (C=O) groups is 1. The summed E-state index contributed by atoms with van der Waals surface area (Å²) in [6, 6.07) is 8.87. The Labute approximate surface area is 126 Å². The van der Waals surface area contributed by atoms with Gasteiger partial charge in [0, 0.05) is 24.8 Å². The number of anilines is 1. The predicted molar refractivity (Wildman–Crippen MR) is 78.8 cm³/mol. The normalized spacial score (nSPS) is 10.1. The van der Waals surface area contributed by atoms with E-state index < -0.39 is 0 Å². The first-order valence-electron chi connectivity index (χ1n) is 6.40. The molecule has 0 saturated carbocycles. The lowest BCUT2D eigenvalue weighted by atomic mass is 10.2. The molecule has 1 heterocycles. The average Bonchev–Trinajstić information content (AvgIpc) is 2.89. The highest BCUT2D eigenvalue weighted by Gasteiger charge is 2.06. The maximum atomic E-state index is 11.8. The van der Waals surface area contributed by atoms with Crippen molar-refractivity contribution in [2.45, 2.75) is 25.0 Å². The van der Waals surface area contributed by atoms with Crippen LogP contribution in [0.25, 0.3) is 0 Å². The van der Waals surface area contributed by atoms with Gasteiger partial charge in [-0.2, -0.15) is 5.26 Å². The van der Waals surface area contributed by atoms with Crippen LogP contribution in [0.3, 0.4) is 0 Å². The molecule has 108 valence electrons. The number of benzene rings is 1. The van der Waals surface area contributed by atoms with E-state index in [-0.39, 0.29) is 5.91 Å². The van der Waals surface area contributed by atoms with Gasteiger partial charge in [-0.15, -0.1) is 10.2 Å². The van der Waals surface area contributed by atoms with E-state index in [1.54, 1.807) is 31.2 Å². The van der Waals surface area contributed by atoms with Gasteiger partial charge in [-0.3, -0.25) is 4.79 Å². The number of aromatic nitrogens is 2. The summed E-state index contributed by atoms with van der Waals surface area (Å²) >= 11 is 1.43. The van der Waals surface area contributed by atoms with Crippen LogP contribution in [0.1, 0.15) is 24.3 Å². The number of hydrogen-bond acceptors (Lipinski definition) is 6. The second-order valence-electron chi connectivity index (χ2n) is 4.28. The van der Waals surface area contributed by atoms with E-state index in [1.807, 2.05) is 6.07 Å². The van der Waals surface area contributed by atoms with Crippen LogP contribution in [0.4, 0.5) is 5.69 Å². The van der Waals surface area contributed by atoms with Gasteiger partial charge in [0.15, 0.2) is 0 Å². The summed E-state index contributed by atoms with van der Waals surface area (Å²) in [6.07, 6.45) is 1.10. The minimum absolute atomic E-state index is 0.0765. The zero-order chi connectivity index (χ0) is 15.1. The average molecular weight is 302 g/mol. The molecule has 0 aliphatic rings. The molecule has 7 heteroatoms. The number of nitrogens with zero attached hydrogens (tertiary/aromatic N) is 3. The van der Waals surface area contributed by atoms with E-state index in [0.717, 1.165) is 5.75 Å². The fourth-order valence-corrected chi connectivity index (χ4v) is 2.36. The monoisotopic (exact) mass is 302 g/mol. The molecule has 1 amide bonds. The Kier molecular flexibility index (Phi) is 5.35. The van der Waals surface area contributed by atoms with Crippen LogP contribution in [0.15, 0.2) is 33.9 Å². The molecule has 0 radical (unpaired) electrons. The van der Waals surface area contributed by atoms with Crippen LogP contribution in [0, 0.1) is 18.3 Å². The van der Waals surface area contributed by atoms with Gasteiger partial charge >= 0.3 is 0 Å². The summed E-state index contributed by atoms with van der Waals surface area (Å²) in [5, 5.41) is 19.7. The molecular weight excluding hydrogens is 288 g/mol. The molecule has 1 N–H and O–H groups in total. The number of rotatable bonds is 6. The van der Waals surface area contributed by atoms with Crippen molar-refractivity contribution in [2.75, 3.05) is 11.1 Å². The van der Waals surface area contributed by atoms with E-state index in [0.29, 0.717) is 35.2 Å². The Morgan fingerprint density at radius 2 is 2.33 bits per heavy atom. The molecular formula is C14H14N4O2S. The highest BCUT2D eigenvalue weighted by atomic mass is 32.2. The van der Waals surface area contributed by atoms with Crippen LogP contribution < -0.4 is 5.32 Å². The van der Waals surface area contributed by atoms with Crippen LogP contribution in [-0.4, -0.2) is 21.9 Å². The molecule has 0 spiro atoms. The lowest BCUT2D eigenvalue weighted by molar-refractivity contribution is -0.116. The van der Waals surface area contributed by atoms with Crippen LogP contribution >= 0.6 is 11.8 Å². The van der Waals surface area contributed by atoms with E-state index in [9.17, 15) is 4.79 Å². The molecule has 2 aromatic rings. The van der Waals surface area contributed by atoms with Crippen LogP contribution in [-0.2, 0) is 4.79 Å². The van der Waals surface area contributed by atoms with Crippen molar-refractivity contribution in [1.82, 2.24) is 10.2 Å². The Balaban J connectivity index is 1.71. The fraction of sp³-hybridized carbons (Fsp3) is 0.286. The van der Waals surface area contributed by atoms with Crippen LogP contribution in [0.2, 0.25) is 0 Å². The molecule has 6 nitrogen and oxygen atoms in total. The number of hydrogen-bond donors (Lipinski definition) is 1. The van der Waals surface area contributed by atoms with E-state index in [1.165, 1.54) is 11.8 Å². The molecule has 0 unspecified atom stereocenters. The maximum absolute atomic E-state index is 11.8. The van der Waals surface area contributed by atoms with Gasteiger partial charge in [-0.1, -0.05) is 17.8 Å². The summed E-state index contributed by atoms with van der Waals surface area (Å²) in [5.74, 6) is 1.19. The molecule has 0 fully saturated rings. The van der Waals surface area contributed by atoms with Crippen molar-refractivity contribution in [3.63, 3.8) is 0 Å². The molecule has 0 atom stereocenters. The lowest BCUT2D eigenvalue weighted by Crippen LogP contribution is -2.11. The first-order chi connectivity index (χ1) is 10.2. The highest BCUT2D eigenvalue weighted by molar-refractivity contribution is 7.99. The summed E-state index contributed by atoms with van der Waals surface area (Å²) in [7, 11) is 0. The molecule has 1 aromatic heterocycles. The Hall–Kier alpha value is -2.33. The molecule has 1 aromatic carbocycles. The SMILES string of the molecule is Cc1nnc(SCCCC(=O)Nc2cccc(C#N)c2)o1. The second-order valence-corrected chi connectivity index (χ2v) is 5.33. The number of aryl methyl sites for hydroxylation is 1. The molecule has 0 aliphatic heterocycles. The van der Waals surface area contributed by atoms with Gasteiger partial charge in [-0.25, -0.2) is 0 Å². The number of amides is 1. The molecule has 0 saturated heterocycles. The predicted octanol–water partition coefficient (Wildman–Crippen LogP) is 2.76. The third-order valence-electron chi connectivity index (χ3n) is 2.56. The fourth-order valence-electron chi connectivity index (χ4n) is 1.62. The second kappa shape index (κ2) is 7.45. The standard InChI is InChI=1S/C14H14N4O2S/c1-10-17-18-14(20-10)21-7-3-6-13(19)16-12-5-2-4-11(8-12)9-15/h2,4-5,8H,3,6-7H2,1H3,(H,16,19). The van der Waals surface area contributed by atoms with Crippen molar-refractivity contribution in [1.29, 1.82) is 5.26 Å². The zero-order valence-corrected chi connectivity index (χ0v) is 12.3. The summed E-state index contributed by atoms with van der Waals surface area (Å²) in [4.78, 5) is 11.8. The summed E-state index contributed by atoms with van der Waals surface area (Å²) < 4.78 is 5.22. The zero-order valence-electron chi connectivity index (χ0n) is 11.5. The first-order valence-corrected chi connectivity index (χ1v) is 7.39. The Bertz CT molecular complexity index is 663. The van der Waals surface area contributed by atoms with Gasteiger partial charge in [0.2, 0.25) is 11.8 Å². The summed E-state index contributed by atoms with van der Waals surface area (Å²) in [6.45, 7) is 1.74. The number of nitrogens with one attached hydrogen (secondary N) is 1. The van der Waals surface area contributed by atoms with Crippen molar-refractivity contribution in [2.24, 2.45) is 0 Å². The van der Waals surface area contributed by atoms with Gasteiger partial charge in [0.05, 0.1) is 11.6 Å². The topological polar surface area (TPSA) is 91.8 Å². The van der Waals surface area contributed by atoms with Crippen molar-refractivity contribution < 1.29 is 9.21 Å². The largest absolute Gasteiger partial charge is 0.416 e. The van der Waals surface area contributed by atoms with Gasteiger partial charge in [0.1, 0.15) is 0 Å². The third-order valence-corrected chi connectivity index (χ3v) is 3.46. The van der Waals surface area contributed by atoms with Gasteiger partial charge in [-0.05, 0) is 24.6 Å². The van der Waals surface area contributed by atoms with Crippen molar-refractivity contribution in [3.05, 3.63) is 35.7 Å². The van der Waals surface area contributed by atoms with Crippen molar-refractivity contribution in [3.8, 4) is 6.07 Å². The van der Waals surface area contributed by atoms with E-state index >= 15 is 0 Å². The van der Waals surface area contributed by atoms with Crippen LogP contribution in [0.5, 0.6) is 0 Å². The minimum Gasteiger partial charge on any atom is -0.416 e. The van der Waals surface area contributed by atoms with Gasteiger partial charge in [0.25, 0.3) is 5.22 Å². The maximum Gasteiger partial charge on any atom is 0.276 e. The lowest BCUT2D eigenvalue weighted by Gasteiger charge is -2.04. The number of nitriles is 1. The Morgan fingerprint density at radius 3 is 3.05 bits per heavy atom. The van der Waals surface area contributed by atoms with Gasteiger partial charge < -0.3 is 9.73 Å². The third kappa shape index (κ3) is 4.93. The molecule has 0 aliphatic carbocycles. The minimum atomic E-state index is -0.0765. The molecule has 0 bridgehead atoms. The smallest absolute Gasteiger partial charge is 0.276 e. The quantitative estimate of drug-likeness (QED) is 0.651. The van der Waals surface area contributed by atoms with E-state index in [4.69, 9.17) is 9.68 Å².